The molecule has 0 rings (SSSR count). The van der Waals surface area contributed by atoms with Crippen LogP contribution in [0.15, 0.2) is 0 Å². The van der Waals surface area contributed by atoms with Crippen LogP contribution in [0.1, 0.15) is 111 Å². The molecule has 0 spiro atoms. The second kappa shape index (κ2) is 29.7. The SMILES string of the molecule is CC(O)CO.CCC(O)(O)CN.CCCCCCCC(=O)O.CCCCCCCC(=O)O. The van der Waals surface area contributed by atoms with Gasteiger partial charge in [-0.3, -0.25) is 9.59 Å². The van der Waals surface area contributed by atoms with Crippen LogP contribution >= 0.6 is 0 Å². The maximum Gasteiger partial charge on any atom is 0.303 e. The van der Waals surface area contributed by atoms with Crippen molar-refractivity contribution in [3.63, 3.8) is 0 Å². The van der Waals surface area contributed by atoms with Gasteiger partial charge in [0.1, 0.15) is 0 Å². The number of carboxylic acids is 2. The third-order valence-corrected chi connectivity index (χ3v) is 4.15. The summed E-state index contributed by atoms with van der Waals surface area (Å²) in [6, 6.07) is 0. The van der Waals surface area contributed by atoms with Gasteiger partial charge in [-0.15, -0.1) is 0 Å². The molecule has 0 saturated heterocycles. The number of aliphatic hydroxyl groups is 4. The van der Waals surface area contributed by atoms with Gasteiger partial charge in [-0.1, -0.05) is 72.1 Å². The number of unbranched alkanes of at least 4 members (excludes halogenated alkanes) is 8. The first-order valence-electron chi connectivity index (χ1n) is 11.8. The lowest BCUT2D eigenvalue weighted by Crippen LogP contribution is -2.36. The molecule has 0 bridgehead atoms. The first-order chi connectivity index (χ1) is 14.9. The second-order valence-electron chi connectivity index (χ2n) is 7.69. The zero-order valence-corrected chi connectivity index (χ0v) is 20.8. The van der Waals surface area contributed by atoms with Gasteiger partial charge in [-0.05, 0) is 26.2 Å². The molecule has 32 heavy (non-hydrogen) atoms. The number of rotatable bonds is 15. The van der Waals surface area contributed by atoms with Crippen LogP contribution in [0.4, 0.5) is 0 Å². The summed E-state index contributed by atoms with van der Waals surface area (Å²) in [4.78, 5) is 20.1. The van der Waals surface area contributed by atoms with Gasteiger partial charge in [-0.2, -0.15) is 0 Å². The molecule has 0 fully saturated rings. The van der Waals surface area contributed by atoms with E-state index in [1.54, 1.807) is 6.92 Å². The van der Waals surface area contributed by atoms with E-state index in [1.807, 2.05) is 0 Å². The van der Waals surface area contributed by atoms with Crippen molar-refractivity contribution in [2.24, 2.45) is 5.73 Å². The van der Waals surface area contributed by atoms with Crippen LogP contribution in [-0.2, 0) is 9.59 Å². The Bertz CT molecular complexity index is 360. The highest BCUT2D eigenvalue weighted by atomic mass is 16.5. The van der Waals surface area contributed by atoms with E-state index in [0.717, 1.165) is 25.7 Å². The molecule has 0 saturated carbocycles. The Morgan fingerprint density at radius 2 is 1.09 bits per heavy atom. The Morgan fingerprint density at radius 3 is 1.25 bits per heavy atom. The summed E-state index contributed by atoms with van der Waals surface area (Å²) >= 11 is 0. The van der Waals surface area contributed by atoms with Crippen molar-refractivity contribution in [3.05, 3.63) is 0 Å². The average molecular weight is 470 g/mol. The number of carbonyl (C=O) groups is 2. The van der Waals surface area contributed by atoms with Crippen LogP contribution < -0.4 is 5.73 Å². The minimum atomic E-state index is -1.64. The molecule has 9 nitrogen and oxygen atoms in total. The van der Waals surface area contributed by atoms with E-state index in [0.29, 0.717) is 12.8 Å². The molecule has 0 aromatic rings. The molecule has 0 radical (unpaired) electrons. The summed E-state index contributed by atoms with van der Waals surface area (Å²) in [7, 11) is 0. The molecular formula is C23H51NO8. The Hall–Kier alpha value is -1.26. The Labute approximate surface area is 194 Å². The number of aliphatic hydroxyl groups excluding tert-OH is 2. The molecule has 0 aliphatic heterocycles. The van der Waals surface area contributed by atoms with Gasteiger partial charge in [0.2, 0.25) is 0 Å². The molecule has 1 unspecified atom stereocenters. The summed E-state index contributed by atoms with van der Waals surface area (Å²) in [5.41, 5.74) is 4.92. The van der Waals surface area contributed by atoms with E-state index in [2.05, 4.69) is 13.8 Å². The Kier molecular flexibility index (Phi) is 35.3. The minimum Gasteiger partial charge on any atom is -0.481 e. The summed E-state index contributed by atoms with van der Waals surface area (Å²) in [6.07, 6.45) is 11.5. The number of hydrogen-bond donors (Lipinski definition) is 7. The lowest BCUT2D eigenvalue weighted by atomic mass is 10.1. The predicted molar refractivity (Wildman–Crippen MR) is 127 cm³/mol. The first-order valence-corrected chi connectivity index (χ1v) is 11.8. The van der Waals surface area contributed by atoms with Crippen molar-refractivity contribution in [2.45, 2.75) is 123 Å². The summed E-state index contributed by atoms with van der Waals surface area (Å²) < 4.78 is 0. The number of nitrogens with two attached hydrogens (primary N) is 1. The van der Waals surface area contributed by atoms with Crippen LogP contribution in [0, 0.1) is 0 Å². The van der Waals surface area contributed by atoms with Crippen LogP contribution in [0.2, 0.25) is 0 Å². The third-order valence-electron chi connectivity index (χ3n) is 4.15. The number of aliphatic carboxylic acids is 2. The summed E-state index contributed by atoms with van der Waals surface area (Å²) in [5.74, 6) is -2.98. The van der Waals surface area contributed by atoms with E-state index >= 15 is 0 Å². The standard InChI is InChI=1S/2C8H16O2.C4H11NO2.C3H8O2/c2*1-2-3-4-5-6-7-8(9)10;1-2-4(6,7)3-5;1-3(5)2-4/h2*2-7H2,1H3,(H,9,10);6-7H,2-3,5H2,1H3;3-5H,2H2,1H3. The smallest absolute Gasteiger partial charge is 0.303 e. The fraction of sp³-hybridized carbons (Fsp3) is 0.913. The van der Waals surface area contributed by atoms with Crippen LogP contribution in [0.25, 0.3) is 0 Å². The Morgan fingerprint density at radius 1 is 0.781 bits per heavy atom. The molecule has 0 aromatic carbocycles. The van der Waals surface area contributed by atoms with Crippen molar-refractivity contribution in [1.82, 2.24) is 0 Å². The number of carboxylic acid groups (broad SMARTS) is 2. The van der Waals surface area contributed by atoms with Gasteiger partial charge in [0.25, 0.3) is 0 Å². The fourth-order valence-electron chi connectivity index (χ4n) is 1.90. The molecule has 0 heterocycles. The zero-order valence-electron chi connectivity index (χ0n) is 20.8. The van der Waals surface area contributed by atoms with Crippen molar-refractivity contribution in [2.75, 3.05) is 13.2 Å². The third kappa shape index (κ3) is 51.4. The van der Waals surface area contributed by atoms with Crippen molar-refractivity contribution >= 4 is 11.9 Å². The molecule has 8 N–H and O–H groups in total. The highest BCUT2D eigenvalue weighted by Crippen LogP contribution is 2.05. The molecule has 0 aromatic heterocycles. The Balaban J connectivity index is -0.000000169. The van der Waals surface area contributed by atoms with Crippen LogP contribution in [0.5, 0.6) is 0 Å². The van der Waals surface area contributed by atoms with Crippen molar-refractivity contribution < 1.29 is 40.2 Å². The topological polar surface area (TPSA) is 182 Å². The highest BCUT2D eigenvalue weighted by Gasteiger charge is 2.15. The van der Waals surface area contributed by atoms with Crippen LogP contribution in [-0.4, -0.2) is 67.6 Å². The van der Waals surface area contributed by atoms with Gasteiger partial charge in [0.15, 0.2) is 5.79 Å². The predicted octanol–water partition coefficient (Wildman–Crippen LogP) is 3.26. The average Bonchev–Trinajstić information content (AvgIpc) is 2.74. The maximum atomic E-state index is 10.0. The monoisotopic (exact) mass is 469 g/mol. The van der Waals surface area contributed by atoms with E-state index in [9.17, 15) is 9.59 Å². The summed E-state index contributed by atoms with van der Waals surface area (Å²) in [6.45, 7) is 7.25. The van der Waals surface area contributed by atoms with E-state index in [1.165, 1.54) is 45.4 Å². The minimum absolute atomic E-state index is 0.0938. The molecule has 0 amide bonds. The first kappa shape index (κ1) is 38.0. The van der Waals surface area contributed by atoms with Crippen molar-refractivity contribution in [3.8, 4) is 0 Å². The van der Waals surface area contributed by atoms with E-state index in [4.69, 9.17) is 36.4 Å². The van der Waals surface area contributed by atoms with Crippen LogP contribution in [0.3, 0.4) is 0 Å². The van der Waals surface area contributed by atoms with Gasteiger partial charge in [-0.25, -0.2) is 0 Å². The quantitative estimate of drug-likeness (QED) is 0.140. The maximum absolute atomic E-state index is 10.0. The van der Waals surface area contributed by atoms with Gasteiger partial charge < -0.3 is 36.4 Å². The van der Waals surface area contributed by atoms with Crippen molar-refractivity contribution in [1.29, 1.82) is 0 Å². The highest BCUT2D eigenvalue weighted by molar-refractivity contribution is 5.66. The van der Waals surface area contributed by atoms with Gasteiger partial charge in [0.05, 0.1) is 12.7 Å². The summed E-state index contributed by atoms with van der Waals surface area (Å²) in [5, 5.41) is 49.7. The normalized spacial score (nSPS) is 11.0. The molecule has 0 aliphatic rings. The molecular weight excluding hydrogens is 418 g/mol. The lowest BCUT2D eigenvalue weighted by Gasteiger charge is -2.15. The van der Waals surface area contributed by atoms with Gasteiger partial charge in [0, 0.05) is 19.4 Å². The molecule has 1 atom stereocenters. The fourth-order valence-corrected chi connectivity index (χ4v) is 1.90. The molecule has 9 heteroatoms. The van der Waals surface area contributed by atoms with E-state index in [-0.39, 0.29) is 19.6 Å². The zero-order chi connectivity index (χ0) is 25.8. The molecule has 196 valence electrons. The number of hydrogen-bond acceptors (Lipinski definition) is 7. The largest absolute Gasteiger partial charge is 0.481 e. The molecule has 0 aliphatic carbocycles. The lowest BCUT2D eigenvalue weighted by molar-refractivity contribution is -0.153. The van der Waals surface area contributed by atoms with Gasteiger partial charge >= 0.3 is 11.9 Å². The van der Waals surface area contributed by atoms with E-state index < -0.39 is 23.8 Å². The second-order valence-corrected chi connectivity index (χ2v) is 7.69.